The Balaban J connectivity index is 2.44. The molecule has 1 amide bonds. The fourth-order valence-electron chi connectivity index (χ4n) is 0.980. The number of hydrogen-bond donors (Lipinski definition) is 1. The molecule has 0 unspecified atom stereocenters. The van der Waals surface area contributed by atoms with Gasteiger partial charge >= 0.3 is 5.97 Å². The molecule has 1 rings (SSSR count). The molecule has 1 N–H and O–H groups in total. The molecule has 0 atom stereocenters. The van der Waals surface area contributed by atoms with E-state index in [2.05, 4.69) is 15.5 Å². The summed E-state index contributed by atoms with van der Waals surface area (Å²) in [5, 5.41) is 19.6. The molecule has 0 radical (unpaired) electrons. The normalized spacial score (nSPS) is 10.2. The zero-order valence-electron chi connectivity index (χ0n) is 9.53. The Hall–Kier alpha value is -1.64. The zero-order chi connectivity index (χ0) is 12.8. The largest absolute Gasteiger partial charge is 0.480 e. The number of amides is 1. The lowest BCUT2D eigenvalue weighted by atomic mass is 10.4. The van der Waals surface area contributed by atoms with E-state index in [1.165, 1.54) is 21.3 Å². The van der Waals surface area contributed by atoms with Crippen molar-refractivity contribution >= 4 is 23.6 Å². The van der Waals surface area contributed by atoms with E-state index >= 15 is 0 Å². The van der Waals surface area contributed by atoms with Gasteiger partial charge in [-0.3, -0.25) is 9.59 Å². The minimum Gasteiger partial charge on any atom is -0.480 e. The molecular weight excluding hydrogens is 246 g/mol. The molecule has 9 heteroatoms. The summed E-state index contributed by atoms with van der Waals surface area (Å²) in [6, 6.07) is 0. The van der Waals surface area contributed by atoms with E-state index in [4.69, 9.17) is 5.11 Å². The van der Waals surface area contributed by atoms with Crippen LogP contribution in [-0.2, 0) is 16.1 Å². The number of aliphatic carboxylic acids is 1. The average Bonchev–Trinajstić information content (AvgIpc) is 2.64. The van der Waals surface area contributed by atoms with E-state index in [1.54, 1.807) is 14.1 Å². The molecule has 0 saturated carbocycles. The molecule has 0 aliphatic rings. The number of thioether (sulfide) groups is 1. The van der Waals surface area contributed by atoms with Gasteiger partial charge in [0.1, 0.15) is 6.54 Å². The van der Waals surface area contributed by atoms with E-state index in [-0.39, 0.29) is 12.5 Å². The molecule has 0 aliphatic carbocycles. The van der Waals surface area contributed by atoms with Crippen LogP contribution < -0.4 is 0 Å². The molecule has 17 heavy (non-hydrogen) atoms. The van der Waals surface area contributed by atoms with Crippen LogP contribution in [0.15, 0.2) is 5.16 Å². The lowest BCUT2D eigenvalue weighted by Crippen LogP contribution is -2.21. The summed E-state index contributed by atoms with van der Waals surface area (Å²) < 4.78 is 1.19. The third-order valence-electron chi connectivity index (χ3n) is 1.83. The first-order valence-electron chi connectivity index (χ1n) is 4.81. The van der Waals surface area contributed by atoms with Crippen molar-refractivity contribution < 1.29 is 14.7 Å². The highest BCUT2D eigenvalue weighted by Gasteiger charge is 2.11. The van der Waals surface area contributed by atoms with E-state index < -0.39 is 5.97 Å². The average molecular weight is 259 g/mol. The monoisotopic (exact) mass is 259 g/mol. The maximum Gasteiger partial charge on any atom is 0.325 e. The van der Waals surface area contributed by atoms with Gasteiger partial charge in [-0.05, 0) is 10.4 Å². The Bertz CT molecular complexity index is 406. The topological polar surface area (TPSA) is 101 Å². The molecule has 0 fully saturated rings. The molecule has 8 nitrogen and oxygen atoms in total. The summed E-state index contributed by atoms with van der Waals surface area (Å²) in [6.45, 7) is -0.281. The molecule has 0 aromatic carbocycles. The molecular formula is C8H13N5O3S. The first-order chi connectivity index (χ1) is 8.00. The van der Waals surface area contributed by atoms with Crippen molar-refractivity contribution in [2.45, 2.75) is 18.1 Å². The Morgan fingerprint density at radius 2 is 2.18 bits per heavy atom. The summed E-state index contributed by atoms with van der Waals surface area (Å²) in [7, 11) is 3.36. The Kier molecular flexibility index (Phi) is 4.88. The van der Waals surface area contributed by atoms with Crippen LogP contribution in [-0.4, -0.2) is 61.9 Å². The van der Waals surface area contributed by atoms with Gasteiger partial charge in [-0.15, -0.1) is 5.10 Å². The molecule has 1 heterocycles. The number of rotatable bonds is 6. The molecule has 0 aliphatic heterocycles. The number of tetrazole rings is 1. The molecule has 1 aromatic rings. The fourth-order valence-corrected chi connectivity index (χ4v) is 1.78. The summed E-state index contributed by atoms with van der Waals surface area (Å²) >= 11 is 1.26. The Labute approximate surface area is 102 Å². The molecule has 0 saturated heterocycles. The van der Waals surface area contributed by atoms with Crippen molar-refractivity contribution in [2.75, 3.05) is 19.8 Å². The van der Waals surface area contributed by atoms with Gasteiger partial charge in [-0.25, -0.2) is 4.68 Å². The van der Waals surface area contributed by atoms with Crippen LogP contribution in [0.5, 0.6) is 0 Å². The van der Waals surface area contributed by atoms with Gasteiger partial charge in [0.2, 0.25) is 11.1 Å². The van der Waals surface area contributed by atoms with Crippen LogP contribution in [0.1, 0.15) is 6.42 Å². The molecule has 0 bridgehead atoms. The van der Waals surface area contributed by atoms with Gasteiger partial charge in [0.05, 0.1) is 0 Å². The summed E-state index contributed by atoms with van der Waals surface area (Å²) in [6.07, 6.45) is 0.359. The second-order valence-electron chi connectivity index (χ2n) is 3.40. The number of hydrogen-bond acceptors (Lipinski definition) is 6. The third kappa shape index (κ3) is 4.39. The number of carbonyl (C=O) groups is 2. The van der Waals surface area contributed by atoms with Crippen molar-refractivity contribution in [3.05, 3.63) is 0 Å². The highest BCUT2D eigenvalue weighted by atomic mass is 32.2. The van der Waals surface area contributed by atoms with E-state index in [9.17, 15) is 9.59 Å². The number of carboxylic acids is 1. The smallest absolute Gasteiger partial charge is 0.325 e. The van der Waals surface area contributed by atoms with Crippen LogP contribution >= 0.6 is 11.8 Å². The van der Waals surface area contributed by atoms with Crippen LogP contribution in [0.3, 0.4) is 0 Å². The molecule has 94 valence electrons. The highest BCUT2D eigenvalue weighted by Crippen LogP contribution is 2.14. The van der Waals surface area contributed by atoms with Gasteiger partial charge in [0.25, 0.3) is 0 Å². The van der Waals surface area contributed by atoms with Crippen molar-refractivity contribution in [1.29, 1.82) is 0 Å². The quantitative estimate of drug-likeness (QED) is 0.676. The van der Waals surface area contributed by atoms with Crippen LogP contribution in [0.25, 0.3) is 0 Å². The summed E-state index contributed by atoms with van der Waals surface area (Å²) in [4.78, 5) is 23.3. The molecule has 0 spiro atoms. The Morgan fingerprint density at radius 3 is 2.76 bits per heavy atom. The van der Waals surface area contributed by atoms with E-state index in [1.807, 2.05) is 0 Å². The van der Waals surface area contributed by atoms with E-state index in [0.717, 1.165) is 0 Å². The van der Waals surface area contributed by atoms with Crippen molar-refractivity contribution in [1.82, 2.24) is 25.1 Å². The number of aromatic nitrogens is 4. The SMILES string of the molecule is CN(C)C(=O)CCSc1nnnn1CC(=O)O. The Morgan fingerprint density at radius 1 is 1.47 bits per heavy atom. The lowest BCUT2D eigenvalue weighted by Gasteiger charge is -2.09. The lowest BCUT2D eigenvalue weighted by molar-refractivity contribution is -0.138. The number of nitrogens with zero attached hydrogens (tertiary/aromatic N) is 5. The summed E-state index contributed by atoms with van der Waals surface area (Å²) in [5.74, 6) is -0.491. The van der Waals surface area contributed by atoms with Crippen LogP contribution in [0.2, 0.25) is 0 Å². The predicted molar refractivity (Wildman–Crippen MR) is 59.5 cm³/mol. The maximum absolute atomic E-state index is 11.3. The molecule has 1 aromatic heterocycles. The standard InChI is InChI=1S/C8H13N5O3S/c1-12(2)6(14)3-4-17-8-9-10-11-13(8)5-7(15)16/h3-5H2,1-2H3,(H,15,16). The zero-order valence-corrected chi connectivity index (χ0v) is 10.3. The van der Waals surface area contributed by atoms with E-state index in [0.29, 0.717) is 17.3 Å². The predicted octanol–water partition coefficient (Wildman–Crippen LogP) is -0.672. The van der Waals surface area contributed by atoms with Gasteiger partial charge in [-0.2, -0.15) is 0 Å². The second kappa shape index (κ2) is 6.18. The minimum atomic E-state index is -1.01. The van der Waals surface area contributed by atoms with Gasteiger partial charge < -0.3 is 10.0 Å². The number of carbonyl (C=O) groups excluding carboxylic acids is 1. The summed E-state index contributed by atoms with van der Waals surface area (Å²) in [5.41, 5.74) is 0. The van der Waals surface area contributed by atoms with Crippen molar-refractivity contribution in [3.8, 4) is 0 Å². The van der Waals surface area contributed by atoms with Crippen LogP contribution in [0.4, 0.5) is 0 Å². The first-order valence-corrected chi connectivity index (χ1v) is 5.80. The van der Waals surface area contributed by atoms with Gasteiger partial charge in [0.15, 0.2) is 0 Å². The minimum absolute atomic E-state index is 0.00904. The van der Waals surface area contributed by atoms with Crippen LogP contribution in [0, 0.1) is 0 Å². The highest BCUT2D eigenvalue weighted by molar-refractivity contribution is 7.99. The first kappa shape index (κ1) is 13.4. The number of carboxylic acid groups (broad SMARTS) is 1. The maximum atomic E-state index is 11.3. The fraction of sp³-hybridized carbons (Fsp3) is 0.625. The second-order valence-corrected chi connectivity index (χ2v) is 4.46. The van der Waals surface area contributed by atoms with Crippen molar-refractivity contribution in [3.63, 3.8) is 0 Å². The van der Waals surface area contributed by atoms with Gasteiger partial charge in [-0.1, -0.05) is 11.8 Å². The van der Waals surface area contributed by atoms with Crippen molar-refractivity contribution in [2.24, 2.45) is 0 Å². The third-order valence-corrected chi connectivity index (χ3v) is 2.79. The van der Waals surface area contributed by atoms with Gasteiger partial charge in [0, 0.05) is 26.3 Å².